The standard InChI is InChI=1S/C50H44N2O2/c1-35-14-20-39(21-15-35)49(31-37-16-26-43(27-17-37)51(3)45-10-6-12-47(53)33-45)40-22-24-41(25-23-40)50(42-9-5-8-36(2)30-42)32-38-18-28-44(29-19-38)52(4)46-11-7-13-48(54)34-46/h5-34,53-54H,1-4H3. The summed E-state index contributed by atoms with van der Waals surface area (Å²) >= 11 is 0. The van der Waals surface area contributed by atoms with Crippen LogP contribution in [0.25, 0.3) is 23.3 Å². The van der Waals surface area contributed by atoms with Gasteiger partial charge >= 0.3 is 0 Å². The highest BCUT2D eigenvalue weighted by Crippen LogP contribution is 2.33. The van der Waals surface area contributed by atoms with Crippen LogP contribution >= 0.6 is 0 Å². The minimum Gasteiger partial charge on any atom is -0.508 e. The van der Waals surface area contributed by atoms with E-state index in [1.54, 1.807) is 24.3 Å². The first-order valence-corrected chi connectivity index (χ1v) is 18.1. The quantitative estimate of drug-likeness (QED) is 0.139. The summed E-state index contributed by atoms with van der Waals surface area (Å²) in [4.78, 5) is 4.13. The van der Waals surface area contributed by atoms with Gasteiger partial charge in [-0.2, -0.15) is 0 Å². The highest BCUT2D eigenvalue weighted by Gasteiger charge is 2.12. The molecule has 0 spiro atoms. The molecule has 0 aromatic heterocycles. The van der Waals surface area contributed by atoms with Crippen LogP contribution in [0, 0.1) is 13.8 Å². The number of phenolic OH excluding ortho intramolecular Hbond substituents is 2. The largest absolute Gasteiger partial charge is 0.508 e. The molecule has 0 fully saturated rings. The van der Waals surface area contributed by atoms with Crippen LogP contribution in [0.5, 0.6) is 11.5 Å². The maximum Gasteiger partial charge on any atom is 0.117 e. The third-order valence-electron chi connectivity index (χ3n) is 9.82. The maximum absolute atomic E-state index is 9.99. The Morgan fingerprint density at radius 2 is 0.796 bits per heavy atom. The first-order valence-electron chi connectivity index (χ1n) is 18.1. The molecule has 7 aromatic rings. The van der Waals surface area contributed by atoms with E-state index in [0.717, 1.165) is 67.3 Å². The highest BCUT2D eigenvalue weighted by molar-refractivity contribution is 5.94. The number of hydrogen-bond donors (Lipinski definition) is 2. The van der Waals surface area contributed by atoms with E-state index < -0.39 is 0 Å². The van der Waals surface area contributed by atoms with Gasteiger partial charge in [-0.25, -0.2) is 0 Å². The van der Waals surface area contributed by atoms with Crippen LogP contribution in [0.4, 0.5) is 22.7 Å². The van der Waals surface area contributed by atoms with Crippen LogP contribution < -0.4 is 9.80 Å². The molecule has 0 atom stereocenters. The molecule has 4 nitrogen and oxygen atoms in total. The maximum atomic E-state index is 9.99. The lowest BCUT2D eigenvalue weighted by Gasteiger charge is -2.20. The number of aromatic hydroxyl groups is 2. The molecular formula is C50H44N2O2. The number of hydrogen-bond acceptors (Lipinski definition) is 4. The molecule has 0 heterocycles. The Labute approximate surface area is 318 Å². The van der Waals surface area contributed by atoms with Crippen molar-refractivity contribution in [1.82, 2.24) is 0 Å². The van der Waals surface area contributed by atoms with Gasteiger partial charge in [0.05, 0.1) is 0 Å². The van der Waals surface area contributed by atoms with Gasteiger partial charge in [0.1, 0.15) is 11.5 Å². The molecule has 0 saturated heterocycles. The number of rotatable bonds is 10. The monoisotopic (exact) mass is 704 g/mol. The molecule has 2 N–H and O–H groups in total. The van der Waals surface area contributed by atoms with Crippen molar-refractivity contribution in [2.75, 3.05) is 23.9 Å². The molecule has 0 bridgehead atoms. The van der Waals surface area contributed by atoms with Crippen LogP contribution in [0.1, 0.15) is 44.5 Å². The van der Waals surface area contributed by atoms with Gasteiger partial charge in [-0.15, -0.1) is 0 Å². The van der Waals surface area contributed by atoms with Gasteiger partial charge in [-0.1, -0.05) is 120 Å². The zero-order valence-electron chi connectivity index (χ0n) is 31.1. The molecule has 0 radical (unpaired) electrons. The molecule has 0 saturated carbocycles. The van der Waals surface area contributed by atoms with Crippen molar-refractivity contribution >= 4 is 46.0 Å². The van der Waals surface area contributed by atoms with Gasteiger partial charge in [0.2, 0.25) is 0 Å². The lowest BCUT2D eigenvalue weighted by molar-refractivity contribution is 0.475. The van der Waals surface area contributed by atoms with E-state index in [4.69, 9.17) is 0 Å². The fourth-order valence-corrected chi connectivity index (χ4v) is 6.66. The van der Waals surface area contributed by atoms with E-state index in [2.05, 4.69) is 157 Å². The summed E-state index contributed by atoms with van der Waals surface area (Å²) in [6.45, 7) is 4.25. The van der Waals surface area contributed by atoms with Gasteiger partial charge in [0, 0.05) is 49.0 Å². The smallest absolute Gasteiger partial charge is 0.117 e. The van der Waals surface area contributed by atoms with Gasteiger partial charge < -0.3 is 20.0 Å². The summed E-state index contributed by atoms with van der Waals surface area (Å²) in [6, 6.07) is 57.9. The van der Waals surface area contributed by atoms with Gasteiger partial charge in [-0.05, 0) is 119 Å². The first kappa shape index (κ1) is 35.6. The van der Waals surface area contributed by atoms with Crippen molar-refractivity contribution in [2.24, 2.45) is 0 Å². The van der Waals surface area contributed by atoms with E-state index in [1.165, 1.54) is 11.1 Å². The summed E-state index contributed by atoms with van der Waals surface area (Å²) in [5.74, 6) is 0.497. The molecule has 4 heteroatoms. The third-order valence-corrected chi connectivity index (χ3v) is 9.82. The van der Waals surface area contributed by atoms with E-state index in [0.29, 0.717) is 0 Å². The summed E-state index contributed by atoms with van der Waals surface area (Å²) in [5.41, 5.74) is 15.4. The predicted octanol–water partition coefficient (Wildman–Crippen LogP) is 12.4. The van der Waals surface area contributed by atoms with Crippen LogP contribution in [0.15, 0.2) is 170 Å². The Bertz CT molecular complexity index is 2430. The number of anilines is 4. The molecule has 0 unspecified atom stereocenters. The Hall–Kier alpha value is -6.78. The number of phenols is 2. The Morgan fingerprint density at radius 1 is 0.389 bits per heavy atom. The fourth-order valence-electron chi connectivity index (χ4n) is 6.66. The van der Waals surface area contributed by atoms with Gasteiger partial charge in [0.15, 0.2) is 0 Å². The number of benzene rings is 7. The SMILES string of the molecule is Cc1ccc(C(=Cc2ccc(N(C)c3cccc(O)c3)cc2)c2ccc(C(=Cc3ccc(N(C)c4cccc(O)c4)cc3)c3cccc(C)c3)cc2)cc1. The van der Waals surface area contributed by atoms with Crippen LogP contribution in [-0.4, -0.2) is 24.3 Å². The average Bonchev–Trinajstić information content (AvgIpc) is 3.19. The molecule has 0 amide bonds. The summed E-state index contributed by atoms with van der Waals surface area (Å²) in [7, 11) is 4.01. The third kappa shape index (κ3) is 8.30. The highest BCUT2D eigenvalue weighted by atomic mass is 16.3. The zero-order valence-corrected chi connectivity index (χ0v) is 31.1. The van der Waals surface area contributed by atoms with Crippen molar-refractivity contribution in [3.63, 3.8) is 0 Å². The van der Waals surface area contributed by atoms with Gasteiger partial charge in [0.25, 0.3) is 0 Å². The predicted molar refractivity (Wildman–Crippen MR) is 228 cm³/mol. The minimum absolute atomic E-state index is 0.249. The van der Waals surface area contributed by atoms with Crippen molar-refractivity contribution in [3.05, 3.63) is 214 Å². The van der Waals surface area contributed by atoms with Crippen molar-refractivity contribution in [1.29, 1.82) is 0 Å². The Morgan fingerprint density at radius 3 is 1.22 bits per heavy atom. The van der Waals surface area contributed by atoms with E-state index in [9.17, 15) is 10.2 Å². The van der Waals surface area contributed by atoms with Crippen LogP contribution in [-0.2, 0) is 0 Å². The first-order chi connectivity index (χ1) is 26.2. The van der Waals surface area contributed by atoms with E-state index >= 15 is 0 Å². The average molecular weight is 705 g/mol. The second-order valence-electron chi connectivity index (χ2n) is 13.8. The zero-order chi connectivity index (χ0) is 37.6. The molecule has 0 aliphatic heterocycles. The summed E-state index contributed by atoms with van der Waals surface area (Å²) in [5, 5.41) is 20.0. The normalized spacial score (nSPS) is 11.7. The second kappa shape index (κ2) is 15.9. The van der Waals surface area contributed by atoms with Crippen molar-refractivity contribution in [3.8, 4) is 11.5 Å². The van der Waals surface area contributed by atoms with Crippen LogP contribution in [0.3, 0.4) is 0 Å². The number of aryl methyl sites for hydroxylation is 2. The molecule has 266 valence electrons. The molecule has 7 aromatic carbocycles. The van der Waals surface area contributed by atoms with Crippen molar-refractivity contribution < 1.29 is 10.2 Å². The number of nitrogens with zero attached hydrogens (tertiary/aromatic N) is 2. The summed E-state index contributed by atoms with van der Waals surface area (Å²) < 4.78 is 0. The Balaban J connectivity index is 1.22. The molecular weight excluding hydrogens is 661 g/mol. The lowest BCUT2D eigenvalue weighted by Crippen LogP contribution is -2.08. The van der Waals surface area contributed by atoms with E-state index in [1.807, 2.05) is 38.4 Å². The topological polar surface area (TPSA) is 46.9 Å². The molecule has 0 aliphatic carbocycles. The summed E-state index contributed by atoms with van der Waals surface area (Å²) in [6.07, 6.45) is 4.51. The van der Waals surface area contributed by atoms with Gasteiger partial charge in [-0.3, -0.25) is 0 Å². The van der Waals surface area contributed by atoms with Crippen molar-refractivity contribution in [2.45, 2.75) is 13.8 Å². The minimum atomic E-state index is 0.249. The van der Waals surface area contributed by atoms with Crippen LogP contribution in [0.2, 0.25) is 0 Å². The fraction of sp³-hybridized carbons (Fsp3) is 0.0800. The van der Waals surface area contributed by atoms with E-state index in [-0.39, 0.29) is 11.5 Å². The molecule has 7 rings (SSSR count). The second-order valence-corrected chi connectivity index (χ2v) is 13.8. The molecule has 0 aliphatic rings. The lowest BCUT2D eigenvalue weighted by atomic mass is 9.91. The molecule has 54 heavy (non-hydrogen) atoms. The Kier molecular flexibility index (Phi) is 10.5.